The number of halogens is 1. The van der Waals surface area contributed by atoms with Gasteiger partial charge in [-0.3, -0.25) is 4.79 Å². The minimum atomic E-state index is -0.710. The lowest BCUT2D eigenvalue weighted by Crippen LogP contribution is -2.39. The highest BCUT2D eigenvalue weighted by molar-refractivity contribution is 9.10. The van der Waals surface area contributed by atoms with Gasteiger partial charge < -0.3 is 10.0 Å². The smallest absolute Gasteiger partial charge is 0.308 e. The Kier molecular flexibility index (Phi) is 3.61. The van der Waals surface area contributed by atoms with Gasteiger partial charge in [-0.2, -0.15) is 0 Å². The molecule has 1 aromatic heterocycles. The maximum Gasteiger partial charge on any atom is 0.308 e. The van der Waals surface area contributed by atoms with E-state index in [1.165, 1.54) is 0 Å². The van der Waals surface area contributed by atoms with Crippen LogP contribution in [0.4, 0.5) is 5.82 Å². The number of carboxylic acids is 1. The van der Waals surface area contributed by atoms with Crippen LogP contribution in [-0.2, 0) is 4.79 Å². The van der Waals surface area contributed by atoms with E-state index in [2.05, 4.69) is 31.9 Å². The summed E-state index contributed by atoms with van der Waals surface area (Å²) in [6.45, 7) is 1.41. The number of rotatable bonds is 2. The first-order chi connectivity index (χ1) is 9.65. The molecule has 1 aromatic carbocycles. The zero-order valence-corrected chi connectivity index (χ0v) is 12.5. The molecule has 0 spiro atoms. The molecule has 4 nitrogen and oxygen atoms in total. The van der Waals surface area contributed by atoms with Crippen LogP contribution in [0, 0.1) is 5.92 Å². The van der Waals surface area contributed by atoms with Crippen LogP contribution in [-0.4, -0.2) is 29.1 Å². The minimum absolute atomic E-state index is 0.295. The third-order valence-corrected chi connectivity index (χ3v) is 4.27. The topological polar surface area (TPSA) is 53.4 Å². The van der Waals surface area contributed by atoms with Crippen molar-refractivity contribution in [3.8, 4) is 0 Å². The van der Waals surface area contributed by atoms with Gasteiger partial charge in [0.15, 0.2) is 0 Å². The molecule has 0 aliphatic carbocycles. The Morgan fingerprint density at radius 3 is 3.05 bits per heavy atom. The van der Waals surface area contributed by atoms with Crippen molar-refractivity contribution < 1.29 is 9.90 Å². The van der Waals surface area contributed by atoms with Gasteiger partial charge in [0.2, 0.25) is 0 Å². The number of fused-ring (bicyclic) bond motifs is 1. The van der Waals surface area contributed by atoms with Crippen molar-refractivity contribution in [3.05, 3.63) is 34.9 Å². The Morgan fingerprint density at radius 2 is 2.25 bits per heavy atom. The van der Waals surface area contributed by atoms with Gasteiger partial charge in [0.25, 0.3) is 0 Å². The lowest BCUT2D eigenvalue weighted by atomic mass is 9.98. The molecule has 1 atom stereocenters. The molecule has 1 unspecified atom stereocenters. The Hall–Kier alpha value is -1.62. The summed E-state index contributed by atoms with van der Waals surface area (Å²) in [5.41, 5.74) is 0. The van der Waals surface area contributed by atoms with Crippen molar-refractivity contribution in [3.63, 3.8) is 0 Å². The maximum atomic E-state index is 11.2. The third kappa shape index (κ3) is 2.50. The van der Waals surface area contributed by atoms with Crippen LogP contribution >= 0.6 is 15.9 Å². The standard InChI is InChI=1S/C15H15BrN2O2/c16-12-3-4-13-10(8-12)5-6-17-14(13)18-7-1-2-11(9-18)15(19)20/h3-6,8,11H,1-2,7,9H2,(H,19,20). The monoisotopic (exact) mass is 334 g/mol. The molecular formula is C15H15BrN2O2. The largest absolute Gasteiger partial charge is 0.481 e. The normalized spacial score (nSPS) is 19.2. The maximum absolute atomic E-state index is 11.2. The number of carbonyl (C=O) groups is 1. The molecule has 1 aliphatic heterocycles. The summed E-state index contributed by atoms with van der Waals surface area (Å²) < 4.78 is 1.03. The van der Waals surface area contributed by atoms with Crippen molar-refractivity contribution in [2.45, 2.75) is 12.8 Å². The molecule has 20 heavy (non-hydrogen) atoms. The van der Waals surface area contributed by atoms with E-state index < -0.39 is 5.97 Å². The summed E-state index contributed by atoms with van der Waals surface area (Å²) in [6, 6.07) is 8.06. The number of hydrogen-bond acceptors (Lipinski definition) is 3. The van der Waals surface area contributed by atoms with Crippen LogP contribution in [0.15, 0.2) is 34.9 Å². The quantitative estimate of drug-likeness (QED) is 0.915. The Bertz CT molecular complexity index is 659. The number of hydrogen-bond donors (Lipinski definition) is 1. The van der Waals surface area contributed by atoms with E-state index in [4.69, 9.17) is 0 Å². The second-order valence-corrected chi connectivity index (χ2v) is 6.04. The van der Waals surface area contributed by atoms with Crippen LogP contribution < -0.4 is 4.90 Å². The summed E-state index contributed by atoms with van der Waals surface area (Å²) in [5, 5.41) is 11.4. The molecule has 0 amide bonds. The molecule has 2 aromatic rings. The number of aromatic nitrogens is 1. The number of benzene rings is 1. The van der Waals surface area contributed by atoms with E-state index in [0.29, 0.717) is 6.54 Å². The van der Waals surface area contributed by atoms with E-state index in [1.807, 2.05) is 18.2 Å². The second kappa shape index (κ2) is 5.40. The number of piperidine rings is 1. The van der Waals surface area contributed by atoms with Crippen molar-refractivity contribution in [2.75, 3.05) is 18.0 Å². The molecule has 5 heteroatoms. The fourth-order valence-electron chi connectivity index (χ4n) is 2.76. The third-order valence-electron chi connectivity index (χ3n) is 3.78. The molecule has 1 saturated heterocycles. The van der Waals surface area contributed by atoms with Gasteiger partial charge in [0, 0.05) is 29.1 Å². The number of anilines is 1. The SMILES string of the molecule is O=C(O)C1CCCN(c2nccc3cc(Br)ccc23)C1. The van der Waals surface area contributed by atoms with Crippen LogP contribution in [0.2, 0.25) is 0 Å². The first-order valence-electron chi connectivity index (χ1n) is 6.67. The fourth-order valence-corrected chi connectivity index (χ4v) is 3.13. The van der Waals surface area contributed by atoms with Gasteiger partial charge >= 0.3 is 5.97 Å². The molecule has 2 heterocycles. The van der Waals surface area contributed by atoms with Gasteiger partial charge in [-0.05, 0) is 42.5 Å². The van der Waals surface area contributed by atoms with E-state index in [1.54, 1.807) is 6.20 Å². The van der Waals surface area contributed by atoms with E-state index in [9.17, 15) is 9.90 Å². The molecule has 0 saturated carbocycles. The number of aliphatic carboxylic acids is 1. The Labute approximate surface area is 125 Å². The molecule has 1 N–H and O–H groups in total. The van der Waals surface area contributed by atoms with Gasteiger partial charge in [-0.25, -0.2) is 4.98 Å². The molecular weight excluding hydrogens is 320 g/mol. The average Bonchev–Trinajstić information content (AvgIpc) is 2.46. The Balaban J connectivity index is 1.99. The van der Waals surface area contributed by atoms with E-state index in [0.717, 1.165) is 40.4 Å². The summed E-state index contributed by atoms with van der Waals surface area (Å²) in [4.78, 5) is 17.8. The zero-order chi connectivity index (χ0) is 14.1. The van der Waals surface area contributed by atoms with E-state index >= 15 is 0 Å². The second-order valence-electron chi connectivity index (χ2n) is 5.12. The number of carboxylic acid groups (broad SMARTS) is 1. The first-order valence-corrected chi connectivity index (χ1v) is 7.46. The molecule has 104 valence electrons. The fraction of sp³-hybridized carbons (Fsp3) is 0.333. The van der Waals surface area contributed by atoms with Crippen LogP contribution in [0.5, 0.6) is 0 Å². The molecule has 3 rings (SSSR count). The number of nitrogens with zero attached hydrogens (tertiary/aromatic N) is 2. The average molecular weight is 335 g/mol. The summed E-state index contributed by atoms with van der Waals surface area (Å²) in [6.07, 6.45) is 3.43. The number of pyridine rings is 1. The highest BCUT2D eigenvalue weighted by Gasteiger charge is 2.26. The summed E-state index contributed by atoms with van der Waals surface area (Å²) in [5.74, 6) is -0.116. The van der Waals surface area contributed by atoms with Gasteiger partial charge in [-0.1, -0.05) is 15.9 Å². The van der Waals surface area contributed by atoms with Crippen LogP contribution in [0.1, 0.15) is 12.8 Å². The molecule has 0 radical (unpaired) electrons. The highest BCUT2D eigenvalue weighted by Crippen LogP contribution is 2.30. The molecule has 1 fully saturated rings. The minimum Gasteiger partial charge on any atom is -0.481 e. The Morgan fingerprint density at radius 1 is 1.40 bits per heavy atom. The van der Waals surface area contributed by atoms with Crippen molar-refractivity contribution in [1.82, 2.24) is 4.98 Å². The lowest BCUT2D eigenvalue weighted by Gasteiger charge is -2.32. The molecule has 0 bridgehead atoms. The summed E-state index contributed by atoms with van der Waals surface area (Å²) >= 11 is 3.47. The van der Waals surface area contributed by atoms with Crippen LogP contribution in [0.25, 0.3) is 10.8 Å². The van der Waals surface area contributed by atoms with Crippen molar-refractivity contribution in [1.29, 1.82) is 0 Å². The van der Waals surface area contributed by atoms with Gasteiger partial charge in [0.05, 0.1) is 5.92 Å². The first kappa shape index (κ1) is 13.4. The lowest BCUT2D eigenvalue weighted by molar-refractivity contribution is -0.141. The van der Waals surface area contributed by atoms with E-state index in [-0.39, 0.29) is 5.92 Å². The van der Waals surface area contributed by atoms with Gasteiger partial charge in [0.1, 0.15) is 5.82 Å². The van der Waals surface area contributed by atoms with Crippen molar-refractivity contribution >= 4 is 38.5 Å². The zero-order valence-electron chi connectivity index (χ0n) is 10.9. The molecule has 1 aliphatic rings. The van der Waals surface area contributed by atoms with Crippen LogP contribution in [0.3, 0.4) is 0 Å². The van der Waals surface area contributed by atoms with Gasteiger partial charge in [-0.15, -0.1) is 0 Å². The van der Waals surface area contributed by atoms with Crippen molar-refractivity contribution in [2.24, 2.45) is 5.92 Å². The predicted octanol–water partition coefficient (Wildman–Crippen LogP) is 3.30. The summed E-state index contributed by atoms with van der Waals surface area (Å²) in [7, 11) is 0. The highest BCUT2D eigenvalue weighted by atomic mass is 79.9. The predicted molar refractivity (Wildman–Crippen MR) is 82.0 cm³/mol.